The van der Waals surface area contributed by atoms with Crippen molar-refractivity contribution in [2.24, 2.45) is 0 Å². The third-order valence-electron chi connectivity index (χ3n) is 4.25. The fourth-order valence-electron chi connectivity index (χ4n) is 2.97. The van der Waals surface area contributed by atoms with Gasteiger partial charge in [0.25, 0.3) is 5.91 Å². The largest absolute Gasteiger partial charge is 0.378 e. The highest BCUT2D eigenvalue weighted by Gasteiger charge is 2.18. The van der Waals surface area contributed by atoms with Crippen LogP contribution in [-0.2, 0) is 4.74 Å². The number of carbonyl (C=O) groups excluding carboxylic acids is 1. The second kappa shape index (κ2) is 7.05. The Morgan fingerprint density at radius 1 is 1.15 bits per heavy atom. The number of hydrogen-bond donors (Lipinski definition) is 1. The van der Waals surface area contributed by atoms with Crippen LogP contribution < -0.4 is 10.2 Å². The van der Waals surface area contributed by atoms with E-state index in [4.69, 9.17) is 4.74 Å². The highest BCUT2D eigenvalue weighted by Crippen LogP contribution is 2.21. The number of carbonyl (C=O) groups is 1. The van der Waals surface area contributed by atoms with Gasteiger partial charge in [-0.3, -0.25) is 9.78 Å². The van der Waals surface area contributed by atoms with E-state index in [9.17, 15) is 4.79 Å². The molecule has 7 nitrogen and oxygen atoms in total. The number of anilines is 2. The van der Waals surface area contributed by atoms with E-state index >= 15 is 0 Å². The Morgan fingerprint density at radius 2 is 1.96 bits per heavy atom. The molecule has 1 aliphatic rings. The molecular formula is C19H19N5O2. The molecule has 2 aromatic heterocycles. The van der Waals surface area contributed by atoms with Crippen molar-refractivity contribution in [3.63, 3.8) is 0 Å². The second-order valence-electron chi connectivity index (χ2n) is 6.13. The van der Waals surface area contributed by atoms with Crippen LogP contribution in [0.5, 0.6) is 0 Å². The molecule has 0 unspecified atom stereocenters. The van der Waals surface area contributed by atoms with Crippen LogP contribution in [0.25, 0.3) is 10.9 Å². The van der Waals surface area contributed by atoms with E-state index in [0.29, 0.717) is 30.5 Å². The van der Waals surface area contributed by atoms with Crippen LogP contribution in [-0.4, -0.2) is 47.2 Å². The zero-order valence-electron chi connectivity index (χ0n) is 14.5. The predicted molar refractivity (Wildman–Crippen MR) is 99.5 cm³/mol. The average molecular weight is 349 g/mol. The number of benzene rings is 1. The van der Waals surface area contributed by atoms with E-state index in [-0.39, 0.29) is 5.91 Å². The van der Waals surface area contributed by atoms with Crippen LogP contribution in [0.2, 0.25) is 0 Å². The highest BCUT2D eigenvalue weighted by atomic mass is 16.5. The van der Waals surface area contributed by atoms with E-state index in [1.54, 1.807) is 12.3 Å². The first-order valence-electron chi connectivity index (χ1n) is 8.54. The molecule has 0 spiro atoms. The van der Waals surface area contributed by atoms with Crippen molar-refractivity contribution in [1.29, 1.82) is 0 Å². The number of amides is 1. The monoisotopic (exact) mass is 349 g/mol. The number of fused-ring (bicyclic) bond motifs is 1. The van der Waals surface area contributed by atoms with E-state index in [0.717, 1.165) is 29.7 Å². The van der Waals surface area contributed by atoms with Crippen LogP contribution in [0.15, 0.2) is 42.6 Å². The summed E-state index contributed by atoms with van der Waals surface area (Å²) >= 11 is 0. The van der Waals surface area contributed by atoms with Gasteiger partial charge in [0.1, 0.15) is 5.69 Å². The maximum Gasteiger partial charge on any atom is 0.274 e. The molecule has 1 fully saturated rings. The van der Waals surface area contributed by atoms with Crippen LogP contribution in [0.3, 0.4) is 0 Å². The Kier molecular flexibility index (Phi) is 4.45. The maximum absolute atomic E-state index is 12.8. The lowest BCUT2D eigenvalue weighted by atomic mass is 10.2. The van der Waals surface area contributed by atoms with Gasteiger partial charge >= 0.3 is 0 Å². The number of hydrogen-bond acceptors (Lipinski definition) is 6. The topological polar surface area (TPSA) is 80.2 Å². The Morgan fingerprint density at radius 3 is 2.81 bits per heavy atom. The van der Waals surface area contributed by atoms with Gasteiger partial charge in [-0.25, -0.2) is 9.97 Å². The molecule has 26 heavy (non-hydrogen) atoms. The van der Waals surface area contributed by atoms with E-state index < -0.39 is 0 Å². The third-order valence-corrected chi connectivity index (χ3v) is 4.25. The first-order valence-corrected chi connectivity index (χ1v) is 8.54. The SMILES string of the molecule is Cc1cc(C(=O)Nc2cccc3cccnc23)nc(N2CCOCC2)n1. The molecular weight excluding hydrogens is 330 g/mol. The van der Waals surface area contributed by atoms with Crippen molar-refractivity contribution >= 4 is 28.4 Å². The minimum atomic E-state index is -0.275. The number of nitrogens with zero attached hydrogens (tertiary/aromatic N) is 4. The summed E-state index contributed by atoms with van der Waals surface area (Å²) in [5.41, 5.74) is 2.51. The number of pyridine rings is 1. The van der Waals surface area contributed by atoms with E-state index in [1.807, 2.05) is 42.2 Å². The number of rotatable bonds is 3. The molecule has 0 atom stereocenters. The van der Waals surface area contributed by atoms with Crippen LogP contribution in [0.4, 0.5) is 11.6 Å². The fourth-order valence-corrected chi connectivity index (χ4v) is 2.97. The first-order chi connectivity index (χ1) is 12.7. The minimum Gasteiger partial charge on any atom is -0.378 e. The lowest BCUT2D eigenvalue weighted by Crippen LogP contribution is -2.37. The molecule has 1 aromatic carbocycles. The Labute approximate surface area is 151 Å². The molecule has 3 heterocycles. The van der Waals surface area contributed by atoms with Gasteiger partial charge in [0.05, 0.1) is 24.4 Å². The zero-order valence-corrected chi connectivity index (χ0v) is 14.5. The summed E-state index contributed by atoms with van der Waals surface area (Å²) in [5.74, 6) is 0.289. The molecule has 7 heteroatoms. The zero-order chi connectivity index (χ0) is 17.9. The van der Waals surface area contributed by atoms with Crippen molar-refractivity contribution in [2.45, 2.75) is 6.92 Å². The molecule has 0 aliphatic carbocycles. The summed E-state index contributed by atoms with van der Waals surface area (Å²) in [5, 5.41) is 3.89. The van der Waals surface area contributed by atoms with Crippen molar-refractivity contribution in [1.82, 2.24) is 15.0 Å². The van der Waals surface area contributed by atoms with Crippen LogP contribution in [0.1, 0.15) is 16.2 Å². The molecule has 1 saturated heterocycles. The normalized spacial score (nSPS) is 14.4. The second-order valence-corrected chi connectivity index (χ2v) is 6.13. The van der Waals surface area contributed by atoms with Crippen molar-refractivity contribution in [3.8, 4) is 0 Å². The van der Waals surface area contributed by atoms with Gasteiger partial charge in [-0.05, 0) is 25.1 Å². The van der Waals surface area contributed by atoms with Gasteiger partial charge in [-0.1, -0.05) is 18.2 Å². The number of ether oxygens (including phenoxy) is 1. The van der Waals surface area contributed by atoms with Crippen molar-refractivity contribution < 1.29 is 9.53 Å². The Balaban J connectivity index is 1.62. The fraction of sp³-hybridized carbons (Fsp3) is 0.263. The first kappa shape index (κ1) is 16.4. The Hall–Kier alpha value is -3.06. The summed E-state index contributed by atoms with van der Waals surface area (Å²) in [7, 11) is 0. The highest BCUT2D eigenvalue weighted by molar-refractivity contribution is 6.07. The van der Waals surface area contributed by atoms with Gasteiger partial charge < -0.3 is 15.0 Å². The van der Waals surface area contributed by atoms with E-state index in [1.165, 1.54) is 0 Å². The van der Waals surface area contributed by atoms with Crippen molar-refractivity contribution in [3.05, 3.63) is 54.0 Å². The number of aryl methyl sites for hydroxylation is 1. The smallest absolute Gasteiger partial charge is 0.274 e. The summed E-state index contributed by atoms with van der Waals surface area (Å²) in [6, 6.07) is 11.2. The lowest BCUT2D eigenvalue weighted by molar-refractivity contribution is 0.102. The average Bonchev–Trinajstić information content (AvgIpc) is 2.68. The number of aromatic nitrogens is 3. The maximum atomic E-state index is 12.8. The number of morpholine rings is 1. The van der Waals surface area contributed by atoms with E-state index in [2.05, 4.69) is 20.3 Å². The standard InChI is InChI=1S/C19H19N5O2/c1-13-12-16(23-19(21-13)24-8-10-26-11-9-24)18(25)22-15-6-2-4-14-5-3-7-20-17(14)15/h2-7,12H,8-11H2,1H3,(H,22,25). The Bertz CT molecular complexity index is 948. The van der Waals surface area contributed by atoms with Gasteiger partial charge in [0, 0.05) is 30.4 Å². The molecule has 1 N–H and O–H groups in total. The van der Waals surface area contributed by atoms with Crippen molar-refractivity contribution in [2.75, 3.05) is 36.5 Å². The predicted octanol–water partition coefficient (Wildman–Crippen LogP) is 2.42. The number of nitrogens with one attached hydrogen (secondary N) is 1. The van der Waals surface area contributed by atoms with Crippen LogP contribution in [0, 0.1) is 6.92 Å². The summed E-state index contributed by atoms with van der Waals surface area (Å²) < 4.78 is 5.37. The van der Waals surface area contributed by atoms with Crippen LogP contribution >= 0.6 is 0 Å². The quantitative estimate of drug-likeness (QED) is 0.782. The summed E-state index contributed by atoms with van der Waals surface area (Å²) in [4.78, 5) is 28.1. The molecule has 0 bridgehead atoms. The van der Waals surface area contributed by atoms with Gasteiger partial charge in [0.15, 0.2) is 0 Å². The van der Waals surface area contributed by atoms with Gasteiger partial charge in [-0.15, -0.1) is 0 Å². The minimum absolute atomic E-state index is 0.275. The molecule has 4 rings (SSSR count). The molecule has 0 radical (unpaired) electrons. The molecule has 1 amide bonds. The molecule has 132 valence electrons. The molecule has 1 aliphatic heterocycles. The lowest BCUT2D eigenvalue weighted by Gasteiger charge is -2.27. The van der Waals surface area contributed by atoms with Gasteiger partial charge in [0.2, 0.25) is 5.95 Å². The molecule has 3 aromatic rings. The molecule has 0 saturated carbocycles. The summed E-state index contributed by atoms with van der Waals surface area (Å²) in [6.45, 7) is 4.58. The third kappa shape index (κ3) is 3.34. The van der Waals surface area contributed by atoms with Gasteiger partial charge in [-0.2, -0.15) is 0 Å². The summed E-state index contributed by atoms with van der Waals surface area (Å²) in [6.07, 6.45) is 1.71. The number of para-hydroxylation sites is 1.